The number of phenolic OH excluding ortho intramolecular Hbond substituents is 1. The van der Waals surface area contributed by atoms with E-state index in [9.17, 15) is 14.0 Å². The van der Waals surface area contributed by atoms with Gasteiger partial charge in [0.05, 0.1) is 16.8 Å². The zero-order valence-electron chi connectivity index (χ0n) is 23.4. The number of aromatic hydroxyl groups is 1. The number of halogens is 1. The van der Waals surface area contributed by atoms with Crippen molar-refractivity contribution in [1.82, 2.24) is 19.5 Å². The van der Waals surface area contributed by atoms with Gasteiger partial charge < -0.3 is 16.6 Å². The first-order valence-electron chi connectivity index (χ1n) is 13.9. The Labute approximate surface area is 251 Å². The molecule has 0 spiro atoms. The van der Waals surface area contributed by atoms with Gasteiger partial charge in [-0.05, 0) is 97.1 Å². The van der Waals surface area contributed by atoms with Crippen LogP contribution in [0.3, 0.4) is 0 Å². The van der Waals surface area contributed by atoms with Crippen LogP contribution in [0.2, 0.25) is 0 Å². The highest BCUT2D eigenvalue weighted by molar-refractivity contribution is 5.95. The third-order valence-electron chi connectivity index (χ3n) is 7.51. The quantitative estimate of drug-likeness (QED) is 0.221. The summed E-state index contributed by atoms with van der Waals surface area (Å²) in [5, 5.41) is 9.03. The highest BCUT2D eigenvalue weighted by atomic mass is 19.1. The molecule has 0 atom stereocenters. The van der Waals surface area contributed by atoms with Crippen molar-refractivity contribution in [2.75, 3.05) is 5.73 Å². The summed E-state index contributed by atoms with van der Waals surface area (Å²) in [6, 6.07) is 24.4. The minimum Gasteiger partial charge on any atom is -0.507 e. The van der Waals surface area contributed by atoms with Crippen LogP contribution in [0.25, 0.3) is 39.5 Å². The Morgan fingerprint density at radius 1 is 0.909 bits per heavy atom. The van der Waals surface area contributed by atoms with Crippen molar-refractivity contribution < 1.29 is 19.1 Å². The molecule has 1 aliphatic rings. The van der Waals surface area contributed by atoms with Gasteiger partial charge in [-0.1, -0.05) is 18.2 Å². The number of amides is 1. The lowest BCUT2D eigenvalue weighted by Gasteiger charge is -2.12. The van der Waals surface area contributed by atoms with Gasteiger partial charge in [0.2, 0.25) is 5.91 Å². The number of primary amides is 1. The second kappa shape index (κ2) is 11.8. The number of hydrogen-bond donors (Lipinski definition) is 3. The van der Waals surface area contributed by atoms with Gasteiger partial charge in [0.15, 0.2) is 17.8 Å². The minimum atomic E-state index is -0.627. The summed E-state index contributed by atoms with van der Waals surface area (Å²) >= 11 is 0. The number of imidazole rings is 1. The largest absolute Gasteiger partial charge is 0.507 e. The van der Waals surface area contributed by atoms with Gasteiger partial charge in [0.1, 0.15) is 22.9 Å². The van der Waals surface area contributed by atoms with E-state index in [-0.39, 0.29) is 22.7 Å². The Balaban J connectivity index is 0.000000242. The van der Waals surface area contributed by atoms with Crippen molar-refractivity contribution in [3.05, 3.63) is 119 Å². The fourth-order valence-corrected chi connectivity index (χ4v) is 5.31. The molecule has 9 nitrogen and oxygen atoms in total. The molecule has 0 radical (unpaired) electrons. The van der Waals surface area contributed by atoms with Crippen molar-refractivity contribution in [2.24, 2.45) is 5.73 Å². The van der Waals surface area contributed by atoms with Crippen LogP contribution < -0.4 is 11.5 Å². The van der Waals surface area contributed by atoms with Crippen LogP contribution in [0.15, 0.2) is 91.1 Å². The van der Waals surface area contributed by atoms with E-state index < -0.39 is 5.91 Å². The molecule has 0 aliphatic heterocycles. The fraction of sp³-hybridized carbons (Fsp3) is 0.0882. The average molecular weight is 587 g/mol. The molecule has 3 heterocycles. The van der Waals surface area contributed by atoms with Crippen LogP contribution in [-0.4, -0.2) is 36.8 Å². The van der Waals surface area contributed by atoms with Gasteiger partial charge in [-0.3, -0.25) is 14.2 Å². The number of aromatic nitrogens is 4. The van der Waals surface area contributed by atoms with Gasteiger partial charge in [-0.25, -0.2) is 19.3 Å². The van der Waals surface area contributed by atoms with Gasteiger partial charge in [-0.15, -0.1) is 0 Å². The van der Waals surface area contributed by atoms with Crippen LogP contribution in [0.1, 0.15) is 38.3 Å². The maximum absolute atomic E-state index is 14.5. The summed E-state index contributed by atoms with van der Waals surface area (Å²) in [6.07, 6.45) is 5.46. The predicted molar refractivity (Wildman–Crippen MR) is 166 cm³/mol. The zero-order valence-corrected chi connectivity index (χ0v) is 23.4. The Hall–Kier alpha value is -5.90. The number of nitrogens with zero attached hydrogens (tertiary/aromatic N) is 4. The Morgan fingerprint density at radius 2 is 1.70 bits per heavy atom. The van der Waals surface area contributed by atoms with Crippen molar-refractivity contribution in [2.45, 2.75) is 19.3 Å². The van der Waals surface area contributed by atoms with E-state index in [0.29, 0.717) is 40.3 Å². The van der Waals surface area contributed by atoms with Crippen LogP contribution in [0.4, 0.5) is 10.2 Å². The first-order chi connectivity index (χ1) is 21.3. The van der Waals surface area contributed by atoms with Crippen LogP contribution in [0, 0.1) is 5.82 Å². The molecule has 7 rings (SSSR count). The first-order valence-corrected chi connectivity index (χ1v) is 13.9. The number of pyridine rings is 2. The maximum atomic E-state index is 14.5. The monoisotopic (exact) mass is 586 g/mol. The van der Waals surface area contributed by atoms with E-state index in [4.69, 9.17) is 26.5 Å². The molecule has 0 unspecified atom stereocenters. The number of benzene rings is 3. The number of nitrogens with two attached hydrogens (primary N) is 2. The molecule has 44 heavy (non-hydrogen) atoms. The highest BCUT2D eigenvalue weighted by Crippen LogP contribution is 2.33. The standard InChI is InChI=1S/C26H20FN5.C8H7NO3/c27-21-9-2-1-7-19(21)22-12-13-23-26(30-22)32(18-11-10-16-5-3-6-17(16)15-18)25(31-23)20-8-4-14-29-24(20)28;9-8(12)5-1-2-7(11)6(3-5)4-10/h1-2,4,7-15H,3,5-6H2,(H2,28,29);1-4,11H,(H2,9,12). The first kappa shape index (κ1) is 28.2. The molecule has 1 aliphatic carbocycles. The Kier molecular flexibility index (Phi) is 7.55. The highest BCUT2D eigenvalue weighted by Gasteiger charge is 2.21. The van der Waals surface area contributed by atoms with Crippen molar-refractivity contribution in [3.8, 4) is 34.1 Å². The van der Waals surface area contributed by atoms with Crippen LogP contribution in [-0.2, 0) is 12.8 Å². The molecule has 0 saturated heterocycles. The van der Waals surface area contributed by atoms with E-state index in [1.807, 2.05) is 28.8 Å². The number of nitrogen functional groups attached to an aromatic ring is 1. The summed E-state index contributed by atoms with van der Waals surface area (Å²) in [6.45, 7) is 0. The number of anilines is 1. The number of carbonyl (C=O) groups is 2. The molecule has 0 fully saturated rings. The molecular formula is C34H27FN6O3. The summed E-state index contributed by atoms with van der Waals surface area (Å²) in [5.41, 5.74) is 18.2. The van der Waals surface area contributed by atoms with E-state index in [1.54, 1.807) is 24.4 Å². The number of rotatable bonds is 5. The number of phenols is 1. The van der Waals surface area contributed by atoms with E-state index >= 15 is 0 Å². The number of aryl methyl sites for hydroxylation is 2. The molecule has 10 heteroatoms. The number of carbonyl (C=O) groups excluding carboxylic acids is 2. The Bertz CT molecular complexity index is 2060. The van der Waals surface area contributed by atoms with Gasteiger partial charge in [0, 0.05) is 23.0 Å². The maximum Gasteiger partial charge on any atom is 0.248 e. The number of fused-ring (bicyclic) bond motifs is 2. The fourth-order valence-electron chi connectivity index (χ4n) is 5.31. The molecule has 218 valence electrons. The second-order valence-corrected chi connectivity index (χ2v) is 10.3. The molecule has 0 bridgehead atoms. The van der Waals surface area contributed by atoms with E-state index in [0.717, 1.165) is 24.1 Å². The van der Waals surface area contributed by atoms with E-state index in [2.05, 4.69) is 23.2 Å². The van der Waals surface area contributed by atoms with Gasteiger partial charge in [-0.2, -0.15) is 0 Å². The molecule has 3 aromatic carbocycles. The van der Waals surface area contributed by atoms with Gasteiger partial charge in [0.25, 0.3) is 0 Å². The zero-order chi connectivity index (χ0) is 30.8. The third kappa shape index (κ3) is 5.36. The minimum absolute atomic E-state index is 0.0614. The summed E-state index contributed by atoms with van der Waals surface area (Å²) in [7, 11) is 0. The van der Waals surface area contributed by atoms with Crippen LogP contribution >= 0.6 is 0 Å². The predicted octanol–water partition coefficient (Wildman–Crippen LogP) is 5.66. The summed E-state index contributed by atoms with van der Waals surface area (Å²) < 4.78 is 16.5. The van der Waals surface area contributed by atoms with E-state index in [1.165, 1.54) is 41.8 Å². The smallest absolute Gasteiger partial charge is 0.248 e. The summed E-state index contributed by atoms with van der Waals surface area (Å²) in [4.78, 5) is 34.9. The molecular weight excluding hydrogens is 559 g/mol. The molecule has 3 aromatic heterocycles. The third-order valence-corrected chi connectivity index (χ3v) is 7.51. The molecule has 1 amide bonds. The molecule has 6 aromatic rings. The van der Waals surface area contributed by atoms with Crippen molar-refractivity contribution in [1.29, 1.82) is 0 Å². The van der Waals surface area contributed by atoms with Gasteiger partial charge >= 0.3 is 0 Å². The molecule has 0 saturated carbocycles. The lowest BCUT2D eigenvalue weighted by molar-refractivity contribution is 0.1000. The summed E-state index contributed by atoms with van der Waals surface area (Å²) in [5.74, 6) is -0.0194. The number of hydrogen-bond acceptors (Lipinski definition) is 7. The normalized spacial score (nSPS) is 11.9. The molecule has 5 N–H and O–H groups in total. The van der Waals surface area contributed by atoms with Crippen molar-refractivity contribution in [3.63, 3.8) is 0 Å². The lowest BCUT2D eigenvalue weighted by atomic mass is 10.1. The van der Waals surface area contributed by atoms with Crippen molar-refractivity contribution >= 4 is 29.2 Å². The SMILES string of the molecule is NC(=O)c1ccc(O)c(C=O)c1.Nc1ncccc1-c1nc2ccc(-c3ccccc3F)nc2n1-c1ccc2c(c1)CCC2. The second-order valence-electron chi connectivity index (χ2n) is 10.3. The number of aldehydes is 1. The van der Waals surface area contributed by atoms with Crippen LogP contribution in [0.5, 0.6) is 5.75 Å². The average Bonchev–Trinajstić information content (AvgIpc) is 3.66. The topological polar surface area (TPSA) is 150 Å². The lowest BCUT2D eigenvalue weighted by Crippen LogP contribution is -2.10. The Morgan fingerprint density at radius 3 is 2.48 bits per heavy atom.